The van der Waals surface area contributed by atoms with Crippen LogP contribution in [0.4, 0.5) is 5.69 Å². The largest absolute Gasteiger partial charge is 0.381 e. The van der Waals surface area contributed by atoms with E-state index in [2.05, 4.69) is 15.3 Å². The number of H-pyrrole nitrogens is 1. The summed E-state index contributed by atoms with van der Waals surface area (Å²) in [6.07, 6.45) is 6.34. The standard InChI is InChI=1S/C17H24N6O3S/c1-22(2)27(25,26)23-11-3-4-12(23)8-10(7-11)21-15-13-5-6-19-17(13)20-9-14(15)16(18)24/h5-6,9-12H,3-4,7-8H2,1-2H3,(H2,18,24)(H2,19,20,21)/t10?,11-,12+. The summed E-state index contributed by atoms with van der Waals surface area (Å²) in [5.41, 5.74) is 7.23. The number of carbonyl (C=O) groups is 1. The van der Waals surface area contributed by atoms with Gasteiger partial charge in [-0.05, 0) is 31.7 Å². The molecule has 27 heavy (non-hydrogen) atoms. The van der Waals surface area contributed by atoms with Gasteiger partial charge in [0.1, 0.15) is 5.65 Å². The third-order valence-electron chi connectivity index (χ3n) is 5.59. The Balaban J connectivity index is 1.62. The molecule has 2 fully saturated rings. The van der Waals surface area contributed by atoms with Crippen LogP contribution in [0.2, 0.25) is 0 Å². The van der Waals surface area contributed by atoms with Gasteiger partial charge in [0.2, 0.25) is 0 Å². The number of aromatic nitrogens is 2. The summed E-state index contributed by atoms with van der Waals surface area (Å²) in [4.78, 5) is 19.1. The smallest absolute Gasteiger partial charge is 0.281 e. The predicted octanol–water partition coefficient (Wildman–Crippen LogP) is 0.876. The number of nitrogens with one attached hydrogen (secondary N) is 2. The van der Waals surface area contributed by atoms with E-state index in [1.165, 1.54) is 10.5 Å². The number of nitrogens with zero attached hydrogens (tertiary/aromatic N) is 3. The number of piperidine rings is 1. The molecule has 2 saturated heterocycles. The van der Waals surface area contributed by atoms with E-state index in [1.54, 1.807) is 24.6 Å². The van der Waals surface area contributed by atoms with Crippen molar-refractivity contribution in [1.29, 1.82) is 0 Å². The number of aromatic amines is 1. The number of anilines is 1. The Labute approximate surface area is 158 Å². The maximum atomic E-state index is 12.7. The summed E-state index contributed by atoms with van der Waals surface area (Å²) in [7, 11) is -0.295. The number of pyridine rings is 1. The third-order valence-corrected chi connectivity index (χ3v) is 7.65. The molecule has 3 atom stereocenters. The van der Waals surface area contributed by atoms with Crippen LogP contribution in [0.15, 0.2) is 18.5 Å². The summed E-state index contributed by atoms with van der Waals surface area (Å²) in [6, 6.07) is 1.86. The van der Waals surface area contributed by atoms with Crippen molar-refractivity contribution in [1.82, 2.24) is 18.6 Å². The van der Waals surface area contributed by atoms with Gasteiger partial charge < -0.3 is 16.0 Å². The number of primary amides is 1. The van der Waals surface area contributed by atoms with Gasteiger partial charge in [0.25, 0.3) is 16.1 Å². The molecule has 4 heterocycles. The fraction of sp³-hybridized carbons (Fsp3) is 0.529. The van der Waals surface area contributed by atoms with Crippen LogP contribution in [0.5, 0.6) is 0 Å². The molecule has 2 aromatic rings. The van der Waals surface area contributed by atoms with Gasteiger partial charge in [0, 0.05) is 50.0 Å². The Bertz CT molecular complexity index is 972. The lowest BCUT2D eigenvalue weighted by atomic mass is 9.98. The number of amides is 1. The van der Waals surface area contributed by atoms with Gasteiger partial charge in [-0.25, -0.2) is 4.98 Å². The summed E-state index contributed by atoms with van der Waals surface area (Å²) >= 11 is 0. The normalized spacial score (nSPS) is 26.0. The quantitative estimate of drug-likeness (QED) is 0.697. The van der Waals surface area contributed by atoms with E-state index in [9.17, 15) is 13.2 Å². The van der Waals surface area contributed by atoms with Crippen molar-refractivity contribution in [2.75, 3.05) is 19.4 Å². The van der Waals surface area contributed by atoms with E-state index in [-0.39, 0.29) is 18.1 Å². The van der Waals surface area contributed by atoms with Crippen LogP contribution >= 0.6 is 0 Å². The van der Waals surface area contributed by atoms with Crippen molar-refractivity contribution in [3.05, 3.63) is 24.0 Å². The second-order valence-corrected chi connectivity index (χ2v) is 9.52. The van der Waals surface area contributed by atoms with Gasteiger partial charge in [-0.2, -0.15) is 17.0 Å². The fourth-order valence-corrected chi connectivity index (χ4v) is 5.89. The highest BCUT2D eigenvalue weighted by molar-refractivity contribution is 7.86. The van der Waals surface area contributed by atoms with Gasteiger partial charge in [0.15, 0.2) is 0 Å². The van der Waals surface area contributed by atoms with Crippen molar-refractivity contribution < 1.29 is 13.2 Å². The van der Waals surface area contributed by atoms with Crippen molar-refractivity contribution in [2.24, 2.45) is 5.73 Å². The van der Waals surface area contributed by atoms with Gasteiger partial charge in [-0.15, -0.1) is 0 Å². The van der Waals surface area contributed by atoms with Crippen LogP contribution in [0.1, 0.15) is 36.0 Å². The van der Waals surface area contributed by atoms with E-state index in [1.807, 2.05) is 6.07 Å². The maximum absolute atomic E-state index is 12.7. The van der Waals surface area contributed by atoms with Crippen LogP contribution in [0, 0.1) is 0 Å². The monoisotopic (exact) mass is 392 g/mol. The number of carbonyl (C=O) groups excluding carboxylic acids is 1. The number of hydrogen-bond donors (Lipinski definition) is 3. The van der Waals surface area contributed by atoms with Crippen molar-refractivity contribution >= 4 is 32.8 Å². The SMILES string of the molecule is CN(C)S(=O)(=O)N1[C@@H]2CC[C@H]1CC(Nc1c(C(N)=O)cnc3[nH]ccc13)C2. The molecule has 0 spiro atoms. The fourth-order valence-electron chi connectivity index (χ4n) is 4.37. The van der Waals surface area contributed by atoms with Gasteiger partial charge in [0.05, 0.1) is 11.3 Å². The third kappa shape index (κ3) is 2.97. The molecular weight excluding hydrogens is 368 g/mol. The lowest BCUT2D eigenvalue weighted by molar-refractivity contribution is 0.100. The van der Waals surface area contributed by atoms with E-state index in [0.29, 0.717) is 29.7 Å². The molecule has 9 nitrogen and oxygen atoms in total. The summed E-state index contributed by atoms with van der Waals surface area (Å²) < 4.78 is 28.3. The van der Waals surface area contributed by atoms with Crippen LogP contribution < -0.4 is 11.1 Å². The first-order chi connectivity index (χ1) is 12.8. The molecule has 1 unspecified atom stereocenters. The van der Waals surface area contributed by atoms with E-state index >= 15 is 0 Å². The molecular formula is C17H24N6O3S. The Morgan fingerprint density at radius 3 is 2.59 bits per heavy atom. The average Bonchev–Trinajstić information content (AvgIpc) is 3.18. The predicted molar refractivity (Wildman–Crippen MR) is 103 cm³/mol. The van der Waals surface area contributed by atoms with Gasteiger partial charge >= 0.3 is 0 Å². The lowest BCUT2D eigenvalue weighted by Crippen LogP contribution is -2.53. The van der Waals surface area contributed by atoms with Crippen LogP contribution in [0.25, 0.3) is 11.0 Å². The molecule has 10 heteroatoms. The molecule has 2 aliphatic rings. The molecule has 0 saturated carbocycles. The zero-order valence-electron chi connectivity index (χ0n) is 15.3. The summed E-state index contributed by atoms with van der Waals surface area (Å²) in [5.74, 6) is -0.538. The average molecular weight is 392 g/mol. The van der Waals surface area contributed by atoms with E-state index < -0.39 is 16.1 Å². The first kappa shape index (κ1) is 18.2. The molecule has 2 aliphatic heterocycles. The highest BCUT2D eigenvalue weighted by atomic mass is 32.2. The van der Waals surface area contributed by atoms with Crippen molar-refractivity contribution in [2.45, 2.75) is 43.8 Å². The Morgan fingerprint density at radius 2 is 2.00 bits per heavy atom. The number of nitrogens with two attached hydrogens (primary N) is 1. The minimum absolute atomic E-state index is 0.0331. The maximum Gasteiger partial charge on any atom is 0.281 e. The molecule has 2 aromatic heterocycles. The van der Waals surface area contributed by atoms with Gasteiger partial charge in [-0.3, -0.25) is 4.79 Å². The van der Waals surface area contributed by atoms with E-state index in [0.717, 1.165) is 18.2 Å². The Morgan fingerprint density at radius 1 is 1.33 bits per heavy atom. The molecule has 2 bridgehead atoms. The topological polar surface area (TPSA) is 124 Å². The lowest BCUT2D eigenvalue weighted by Gasteiger charge is -2.39. The molecule has 4 rings (SSSR count). The number of fused-ring (bicyclic) bond motifs is 3. The second-order valence-electron chi connectivity index (χ2n) is 7.47. The first-order valence-electron chi connectivity index (χ1n) is 9.02. The molecule has 1 amide bonds. The molecule has 0 radical (unpaired) electrons. The number of rotatable bonds is 5. The Kier molecular flexibility index (Phi) is 4.36. The van der Waals surface area contributed by atoms with Crippen LogP contribution in [0.3, 0.4) is 0 Å². The highest BCUT2D eigenvalue weighted by Crippen LogP contribution is 2.40. The Hall–Kier alpha value is -2.17. The zero-order chi connectivity index (χ0) is 19.3. The molecule has 146 valence electrons. The van der Waals surface area contributed by atoms with E-state index in [4.69, 9.17) is 5.73 Å². The van der Waals surface area contributed by atoms with Gasteiger partial charge in [-0.1, -0.05) is 0 Å². The molecule has 4 N–H and O–H groups in total. The summed E-state index contributed by atoms with van der Waals surface area (Å²) in [5, 5.41) is 4.27. The van der Waals surface area contributed by atoms with Crippen LogP contribution in [-0.2, 0) is 10.2 Å². The first-order valence-corrected chi connectivity index (χ1v) is 10.4. The minimum atomic E-state index is -3.43. The van der Waals surface area contributed by atoms with Crippen molar-refractivity contribution in [3.63, 3.8) is 0 Å². The molecule has 0 aliphatic carbocycles. The minimum Gasteiger partial charge on any atom is -0.381 e. The number of hydrogen-bond acceptors (Lipinski definition) is 5. The summed E-state index contributed by atoms with van der Waals surface area (Å²) in [6.45, 7) is 0. The zero-order valence-corrected chi connectivity index (χ0v) is 16.2. The van der Waals surface area contributed by atoms with Crippen molar-refractivity contribution in [3.8, 4) is 0 Å². The second kappa shape index (κ2) is 6.47. The highest BCUT2D eigenvalue weighted by Gasteiger charge is 2.47. The molecule has 0 aromatic carbocycles. The van der Waals surface area contributed by atoms with Crippen LogP contribution in [-0.4, -0.2) is 65.1 Å².